The van der Waals surface area contributed by atoms with Crippen LogP contribution >= 0.6 is 11.8 Å². The Hall–Kier alpha value is -1.76. The Morgan fingerprint density at radius 2 is 2.29 bits per heavy atom. The van der Waals surface area contributed by atoms with Crippen LogP contribution in [-0.2, 0) is 16.0 Å². The third-order valence-electron chi connectivity index (χ3n) is 3.39. The number of nitrogens with one attached hydrogen (secondary N) is 1. The molecule has 1 aliphatic heterocycles. The molecule has 1 aromatic carbocycles. The van der Waals surface area contributed by atoms with E-state index in [9.17, 15) is 19.1 Å². The number of carbonyl (C=O) groups is 2. The lowest BCUT2D eigenvalue weighted by molar-refractivity contribution is -0.146. The average molecular weight is 313 g/mol. The normalized spacial score (nSPS) is 21.0. The van der Waals surface area contributed by atoms with Gasteiger partial charge < -0.3 is 15.2 Å². The van der Waals surface area contributed by atoms with Gasteiger partial charge in [-0.05, 0) is 29.9 Å². The molecular formula is C14H16FNO4S. The molecule has 7 heteroatoms. The predicted molar refractivity (Wildman–Crippen MR) is 77.1 cm³/mol. The molecule has 21 heavy (non-hydrogen) atoms. The smallest absolute Gasteiger partial charge is 0.330 e. The number of carboxylic acids is 1. The lowest BCUT2D eigenvalue weighted by atomic mass is 9.98. The van der Waals surface area contributed by atoms with Crippen LogP contribution in [0.5, 0.6) is 5.75 Å². The number of ether oxygens (including phenoxy) is 1. The molecule has 0 radical (unpaired) electrons. The van der Waals surface area contributed by atoms with Gasteiger partial charge in [0.25, 0.3) is 0 Å². The van der Waals surface area contributed by atoms with Crippen molar-refractivity contribution < 1.29 is 23.8 Å². The van der Waals surface area contributed by atoms with Crippen molar-refractivity contribution in [2.75, 3.05) is 18.6 Å². The predicted octanol–water partition coefficient (Wildman–Crippen LogP) is 1.45. The molecule has 1 unspecified atom stereocenters. The number of hydrogen-bond acceptors (Lipinski definition) is 4. The Labute approximate surface area is 125 Å². The molecule has 1 saturated heterocycles. The third-order valence-corrected chi connectivity index (χ3v) is 4.58. The van der Waals surface area contributed by atoms with Gasteiger partial charge in [-0.3, -0.25) is 4.79 Å². The maximum atomic E-state index is 13.6. The maximum Gasteiger partial charge on any atom is 0.330 e. The topological polar surface area (TPSA) is 75.6 Å². The first-order chi connectivity index (χ1) is 9.97. The van der Waals surface area contributed by atoms with Crippen LogP contribution in [-0.4, -0.2) is 41.1 Å². The van der Waals surface area contributed by atoms with Gasteiger partial charge in [0, 0.05) is 5.75 Å². The molecule has 0 aromatic heterocycles. The van der Waals surface area contributed by atoms with Gasteiger partial charge in [-0.1, -0.05) is 6.07 Å². The first kappa shape index (κ1) is 15.6. The summed E-state index contributed by atoms with van der Waals surface area (Å²) in [6.45, 7) is 0. The van der Waals surface area contributed by atoms with Crippen LogP contribution < -0.4 is 10.1 Å². The molecule has 1 atom stereocenters. The Bertz CT molecular complexity index is 558. The highest BCUT2D eigenvalue weighted by Crippen LogP contribution is 2.28. The van der Waals surface area contributed by atoms with E-state index >= 15 is 0 Å². The van der Waals surface area contributed by atoms with E-state index in [4.69, 9.17) is 4.74 Å². The quantitative estimate of drug-likeness (QED) is 0.860. The van der Waals surface area contributed by atoms with Crippen molar-refractivity contribution >= 4 is 23.6 Å². The number of aliphatic carboxylic acids is 1. The van der Waals surface area contributed by atoms with E-state index in [1.807, 2.05) is 0 Å². The molecule has 1 aromatic rings. The lowest BCUT2D eigenvalue weighted by Gasteiger charge is -2.24. The number of carbonyl (C=O) groups excluding carboxylic acids is 1. The van der Waals surface area contributed by atoms with Crippen molar-refractivity contribution in [1.29, 1.82) is 0 Å². The summed E-state index contributed by atoms with van der Waals surface area (Å²) in [5.41, 5.74) is -0.732. The van der Waals surface area contributed by atoms with Crippen LogP contribution in [0.4, 0.5) is 4.39 Å². The molecule has 2 rings (SSSR count). The minimum Gasteiger partial charge on any atom is -0.494 e. The SMILES string of the molecule is COc1ccc(CC(=O)NC2(C(=O)O)CCSC2)cc1F. The summed E-state index contributed by atoms with van der Waals surface area (Å²) < 4.78 is 18.4. The van der Waals surface area contributed by atoms with Crippen LogP contribution in [0.2, 0.25) is 0 Å². The first-order valence-electron chi connectivity index (χ1n) is 6.41. The highest BCUT2D eigenvalue weighted by molar-refractivity contribution is 7.99. The Kier molecular flexibility index (Phi) is 4.72. The number of hydrogen-bond donors (Lipinski definition) is 2. The minimum atomic E-state index is -1.20. The zero-order chi connectivity index (χ0) is 15.5. The summed E-state index contributed by atoms with van der Waals surface area (Å²) in [6, 6.07) is 4.24. The van der Waals surface area contributed by atoms with Gasteiger partial charge in [0.1, 0.15) is 5.54 Å². The van der Waals surface area contributed by atoms with Crippen LogP contribution in [0.1, 0.15) is 12.0 Å². The van der Waals surface area contributed by atoms with Crippen molar-refractivity contribution in [3.8, 4) is 5.75 Å². The van der Waals surface area contributed by atoms with E-state index in [0.717, 1.165) is 0 Å². The molecule has 0 spiro atoms. The molecule has 0 bridgehead atoms. The standard InChI is InChI=1S/C14H16FNO4S/c1-20-11-3-2-9(6-10(11)15)7-12(17)16-14(13(18)19)4-5-21-8-14/h2-3,6H,4-5,7-8H2,1H3,(H,16,17)(H,18,19). The summed E-state index contributed by atoms with van der Waals surface area (Å²) in [6.07, 6.45) is 0.330. The summed E-state index contributed by atoms with van der Waals surface area (Å²) >= 11 is 1.49. The highest BCUT2D eigenvalue weighted by Gasteiger charge is 2.43. The fraction of sp³-hybridized carbons (Fsp3) is 0.429. The minimum absolute atomic E-state index is 0.0688. The molecule has 0 aliphatic carbocycles. The Balaban J connectivity index is 2.04. The van der Waals surface area contributed by atoms with Gasteiger partial charge in [-0.25, -0.2) is 9.18 Å². The monoisotopic (exact) mass is 313 g/mol. The molecule has 1 aliphatic rings. The fourth-order valence-electron chi connectivity index (χ4n) is 2.20. The Morgan fingerprint density at radius 3 is 2.81 bits per heavy atom. The molecule has 0 saturated carbocycles. The number of rotatable bonds is 5. The van der Waals surface area contributed by atoms with Crippen LogP contribution in [0.15, 0.2) is 18.2 Å². The number of benzene rings is 1. The van der Waals surface area contributed by atoms with E-state index in [0.29, 0.717) is 23.5 Å². The number of amides is 1. The number of methoxy groups -OCH3 is 1. The maximum absolute atomic E-state index is 13.6. The summed E-state index contributed by atoms with van der Waals surface area (Å²) in [4.78, 5) is 23.4. The fourth-order valence-corrected chi connectivity index (χ4v) is 3.53. The zero-order valence-corrected chi connectivity index (χ0v) is 12.3. The largest absolute Gasteiger partial charge is 0.494 e. The average Bonchev–Trinajstić information content (AvgIpc) is 2.88. The van der Waals surface area contributed by atoms with Crippen LogP contribution in [0, 0.1) is 5.82 Å². The third kappa shape index (κ3) is 3.47. The second-order valence-corrected chi connectivity index (χ2v) is 5.99. The van der Waals surface area contributed by atoms with Crippen LogP contribution in [0.3, 0.4) is 0 Å². The van der Waals surface area contributed by atoms with Crippen molar-refractivity contribution in [3.63, 3.8) is 0 Å². The van der Waals surface area contributed by atoms with Gasteiger partial charge in [0.15, 0.2) is 11.6 Å². The highest BCUT2D eigenvalue weighted by atomic mass is 32.2. The van der Waals surface area contributed by atoms with E-state index in [-0.39, 0.29) is 12.2 Å². The molecule has 1 heterocycles. The first-order valence-corrected chi connectivity index (χ1v) is 7.57. The molecular weight excluding hydrogens is 297 g/mol. The van der Waals surface area contributed by atoms with Crippen LogP contribution in [0.25, 0.3) is 0 Å². The van der Waals surface area contributed by atoms with Gasteiger partial charge in [0.2, 0.25) is 5.91 Å². The van der Waals surface area contributed by atoms with E-state index < -0.39 is 23.2 Å². The van der Waals surface area contributed by atoms with Crippen molar-refractivity contribution in [2.24, 2.45) is 0 Å². The van der Waals surface area contributed by atoms with Crippen molar-refractivity contribution in [2.45, 2.75) is 18.4 Å². The summed E-state index contributed by atoms with van der Waals surface area (Å²) in [5.74, 6) is -0.846. The van der Waals surface area contributed by atoms with Gasteiger partial charge in [-0.2, -0.15) is 11.8 Å². The van der Waals surface area contributed by atoms with E-state index in [1.165, 1.54) is 31.0 Å². The summed E-state index contributed by atoms with van der Waals surface area (Å²) in [5, 5.41) is 11.9. The summed E-state index contributed by atoms with van der Waals surface area (Å²) in [7, 11) is 1.36. The van der Waals surface area contributed by atoms with E-state index in [2.05, 4.69) is 5.32 Å². The van der Waals surface area contributed by atoms with Crippen molar-refractivity contribution in [3.05, 3.63) is 29.6 Å². The number of carboxylic acid groups (broad SMARTS) is 1. The second kappa shape index (κ2) is 6.34. The zero-order valence-electron chi connectivity index (χ0n) is 11.5. The van der Waals surface area contributed by atoms with Gasteiger partial charge in [0.05, 0.1) is 13.5 Å². The second-order valence-electron chi connectivity index (χ2n) is 4.88. The Morgan fingerprint density at radius 1 is 1.52 bits per heavy atom. The van der Waals surface area contributed by atoms with E-state index in [1.54, 1.807) is 6.07 Å². The lowest BCUT2D eigenvalue weighted by Crippen LogP contribution is -2.55. The molecule has 114 valence electrons. The number of halogens is 1. The van der Waals surface area contributed by atoms with Crippen molar-refractivity contribution in [1.82, 2.24) is 5.32 Å². The van der Waals surface area contributed by atoms with Gasteiger partial charge >= 0.3 is 5.97 Å². The molecule has 1 amide bonds. The molecule has 2 N–H and O–H groups in total. The number of thioether (sulfide) groups is 1. The molecule has 5 nitrogen and oxygen atoms in total. The van der Waals surface area contributed by atoms with Gasteiger partial charge in [-0.15, -0.1) is 0 Å². The molecule has 1 fully saturated rings.